The maximum atomic E-state index is 13.5. The molecular weight excluding hydrogens is 409 g/mol. The number of amides is 1. The number of carbonyl (C=O) groups excluding carboxylic acids is 1. The standard InChI is InChI=1S/C25H20FN3O3/c1-16-23(30)22(17-6-4-3-5-7-17)24(29(28-16)20-12-10-19(26)11-13-20)27-25(31)18-8-14-21(32-2)15-9-18/h3-15H,1-2H3,(H,27,31). The van der Waals surface area contributed by atoms with Gasteiger partial charge in [-0.05, 0) is 61.0 Å². The second kappa shape index (κ2) is 8.85. The fourth-order valence-electron chi connectivity index (χ4n) is 3.32. The maximum Gasteiger partial charge on any atom is 0.256 e. The van der Waals surface area contributed by atoms with Crippen molar-refractivity contribution in [1.29, 1.82) is 0 Å². The Bertz CT molecular complexity index is 1320. The van der Waals surface area contributed by atoms with Crippen LogP contribution in [0.15, 0.2) is 83.7 Å². The Hall–Kier alpha value is -4.26. The molecule has 32 heavy (non-hydrogen) atoms. The molecule has 4 rings (SSSR count). The third kappa shape index (κ3) is 4.13. The molecule has 0 aliphatic carbocycles. The van der Waals surface area contributed by atoms with E-state index in [1.165, 1.54) is 28.9 Å². The highest BCUT2D eigenvalue weighted by Gasteiger charge is 2.21. The van der Waals surface area contributed by atoms with Crippen LogP contribution in [0, 0.1) is 12.7 Å². The number of aromatic nitrogens is 2. The highest BCUT2D eigenvalue weighted by atomic mass is 19.1. The number of carbonyl (C=O) groups is 1. The van der Waals surface area contributed by atoms with Crippen molar-refractivity contribution in [2.45, 2.75) is 6.92 Å². The zero-order valence-corrected chi connectivity index (χ0v) is 17.5. The van der Waals surface area contributed by atoms with Crippen molar-refractivity contribution >= 4 is 11.7 Å². The predicted molar refractivity (Wildman–Crippen MR) is 121 cm³/mol. The molecule has 0 saturated heterocycles. The minimum Gasteiger partial charge on any atom is -0.497 e. The zero-order chi connectivity index (χ0) is 22.7. The molecule has 0 spiro atoms. The molecule has 6 nitrogen and oxygen atoms in total. The van der Waals surface area contributed by atoms with Crippen molar-refractivity contribution < 1.29 is 13.9 Å². The van der Waals surface area contributed by atoms with Crippen LogP contribution in [0.25, 0.3) is 16.8 Å². The first-order chi connectivity index (χ1) is 15.5. The summed E-state index contributed by atoms with van der Waals surface area (Å²) < 4.78 is 20.1. The van der Waals surface area contributed by atoms with E-state index >= 15 is 0 Å². The van der Waals surface area contributed by atoms with Gasteiger partial charge in [0.25, 0.3) is 5.91 Å². The number of hydrogen-bond donors (Lipinski definition) is 1. The number of aryl methyl sites for hydroxylation is 1. The summed E-state index contributed by atoms with van der Waals surface area (Å²) >= 11 is 0. The maximum absolute atomic E-state index is 13.5. The van der Waals surface area contributed by atoms with Gasteiger partial charge in [0, 0.05) is 5.56 Å². The van der Waals surface area contributed by atoms with Crippen molar-refractivity contribution in [2.75, 3.05) is 12.4 Å². The number of anilines is 1. The van der Waals surface area contributed by atoms with Crippen molar-refractivity contribution in [3.05, 3.63) is 106 Å². The first-order valence-electron chi connectivity index (χ1n) is 9.88. The molecule has 7 heteroatoms. The lowest BCUT2D eigenvalue weighted by Crippen LogP contribution is -2.25. The van der Waals surface area contributed by atoms with Crippen LogP contribution in [0.2, 0.25) is 0 Å². The number of hydrogen-bond acceptors (Lipinski definition) is 4. The topological polar surface area (TPSA) is 73.2 Å². The molecule has 0 saturated carbocycles. The molecule has 0 bridgehead atoms. The highest BCUT2D eigenvalue weighted by molar-refractivity contribution is 6.05. The third-order valence-corrected chi connectivity index (χ3v) is 4.97. The van der Waals surface area contributed by atoms with Gasteiger partial charge in [-0.25, -0.2) is 9.07 Å². The Morgan fingerprint density at radius 3 is 2.25 bits per heavy atom. The molecule has 1 N–H and O–H groups in total. The third-order valence-electron chi connectivity index (χ3n) is 4.97. The molecule has 4 aromatic rings. The van der Waals surface area contributed by atoms with Gasteiger partial charge in [0.1, 0.15) is 23.1 Å². The molecule has 0 fully saturated rings. The number of rotatable bonds is 5. The quantitative estimate of drug-likeness (QED) is 0.503. The lowest BCUT2D eigenvalue weighted by molar-refractivity contribution is 0.102. The van der Waals surface area contributed by atoms with Gasteiger partial charge in [-0.15, -0.1) is 0 Å². The molecular formula is C25H20FN3O3. The SMILES string of the molecule is COc1ccc(C(=O)Nc2c(-c3ccccc3)c(=O)c(C)nn2-c2ccc(F)cc2)cc1. The second-order valence-electron chi connectivity index (χ2n) is 7.08. The number of benzene rings is 3. The zero-order valence-electron chi connectivity index (χ0n) is 17.5. The van der Waals surface area contributed by atoms with E-state index in [1.807, 2.05) is 18.2 Å². The van der Waals surface area contributed by atoms with E-state index in [0.29, 0.717) is 28.1 Å². The van der Waals surface area contributed by atoms with Crippen LogP contribution in [0.5, 0.6) is 5.75 Å². The fourth-order valence-corrected chi connectivity index (χ4v) is 3.32. The van der Waals surface area contributed by atoms with Crippen molar-refractivity contribution in [1.82, 2.24) is 9.78 Å². The molecule has 1 amide bonds. The van der Waals surface area contributed by atoms with Crippen LogP contribution < -0.4 is 15.5 Å². The van der Waals surface area contributed by atoms with Gasteiger partial charge in [-0.1, -0.05) is 30.3 Å². The summed E-state index contributed by atoms with van der Waals surface area (Å²) in [6.45, 7) is 1.60. The van der Waals surface area contributed by atoms with Crippen LogP contribution in [-0.4, -0.2) is 22.8 Å². The summed E-state index contributed by atoms with van der Waals surface area (Å²) in [5.74, 6) is -0.0182. The first-order valence-corrected chi connectivity index (χ1v) is 9.88. The van der Waals surface area contributed by atoms with Gasteiger partial charge in [-0.3, -0.25) is 9.59 Å². The minimum absolute atomic E-state index is 0.194. The second-order valence-corrected chi connectivity index (χ2v) is 7.08. The molecule has 0 atom stereocenters. The summed E-state index contributed by atoms with van der Waals surface area (Å²) in [6, 6.07) is 21.3. The molecule has 0 aliphatic heterocycles. The lowest BCUT2D eigenvalue weighted by Gasteiger charge is -2.18. The van der Waals surface area contributed by atoms with Gasteiger partial charge in [0.15, 0.2) is 0 Å². The molecule has 1 aromatic heterocycles. The van der Waals surface area contributed by atoms with Crippen LogP contribution in [0.3, 0.4) is 0 Å². The normalized spacial score (nSPS) is 10.6. The summed E-state index contributed by atoms with van der Waals surface area (Å²) in [5.41, 5.74) is 1.74. The van der Waals surface area contributed by atoms with Crippen LogP contribution in [0.1, 0.15) is 16.1 Å². The highest BCUT2D eigenvalue weighted by Crippen LogP contribution is 2.27. The largest absolute Gasteiger partial charge is 0.497 e. The Balaban J connectivity index is 1.90. The molecule has 0 radical (unpaired) electrons. The molecule has 0 unspecified atom stereocenters. The van der Waals surface area contributed by atoms with E-state index < -0.39 is 11.7 Å². The van der Waals surface area contributed by atoms with Gasteiger partial charge in [-0.2, -0.15) is 5.10 Å². The summed E-state index contributed by atoms with van der Waals surface area (Å²) in [4.78, 5) is 26.2. The van der Waals surface area contributed by atoms with Crippen molar-refractivity contribution in [3.8, 4) is 22.6 Å². The lowest BCUT2D eigenvalue weighted by atomic mass is 10.0. The number of nitrogens with zero attached hydrogens (tertiary/aromatic N) is 2. The summed E-state index contributed by atoms with van der Waals surface area (Å²) in [6.07, 6.45) is 0. The summed E-state index contributed by atoms with van der Waals surface area (Å²) in [7, 11) is 1.54. The number of methoxy groups -OCH3 is 1. The van der Waals surface area contributed by atoms with E-state index in [9.17, 15) is 14.0 Å². The van der Waals surface area contributed by atoms with Crippen LogP contribution >= 0.6 is 0 Å². The molecule has 160 valence electrons. The van der Waals surface area contributed by atoms with Crippen LogP contribution in [-0.2, 0) is 0 Å². The Morgan fingerprint density at radius 1 is 0.969 bits per heavy atom. The number of ether oxygens (including phenoxy) is 1. The minimum atomic E-state index is -0.425. The monoisotopic (exact) mass is 429 g/mol. The Morgan fingerprint density at radius 2 is 1.62 bits per heavy atom. The van der Waals surface area contributed by atoms with E-state index in [4.69, 9.17) is 4.74 Å². The molecule has 0 aliphatic rings. The average Bonchev–Trinajstić information content (AvgIpc) is 2.82. The Kier molecular flexibility index (Phi) is 5.81. The fraction of sp³-hybridized carbons (Fsp3) is 0.0800. The van der Waals surface area contributed by atoms with Crippen LogP contribution in [0.4, 0.5) is 10.2 Å². The number of halogens is 1. The molecule has 1 heterocycles. The van der Waals surface area contributed by atoms with Gasteiger partial charge in [0.2, 0.25) is 5.43 Å². The summed E-state index contributed by atoms with van der Waals surface area (Å²) in [5, 5.41) is 7.22. The predicted octanol–water partition coefficient (Wildman–Crippen LogP) is 4.61. The first kappa shape index (κ1) is 21.0. The van der Waals surface area contributed by atoms with Gasteiger partial charge in [0.05, 0.1) is 18.4 Å². The van der Waals surface area contributed by atoms with Gasteiger partial charge >= 0.3 is 0 Å². The van der Waals surface area contributed by atoms with E-state index in [2.05, 4.69) is 10.4 Å². The van der Waals surface area contributed by atoms with E-state index in [0.717, 1.165) is 0 Å². The van der Waals surface area contributed by atoms with Gasteiger partial charge < -0.3 is 10.1 Å². The molecule has 3 aromatic carbocycles. The number of nitrogens with one attached hydrogen (secondary N) is 1. The van der Waals surface area contributed by atoms with Crippen molar-refractivity contribution in [2.24, 2.45) is 0 Å². The smallest absolute Gasteiger partial charge is 0.256 e. The van der Waals surface area contributed by atoms with Crippen molar-refractivity contribution in [3.63, 3.8) is 0 Å². The van der Waals surface area contributed by atoms with E-state index in [1.54, 1.807) is 50.4 Å². The van der Waals surface area contributed by atoms with E-state index in [-0.39, 0.29) is 16.9 Å². The average molecular weight is 429 g/mol. The Labute approximate surface area is 183 Å².